The van der Waals surface area contributed by atoms with Crippen LogP contribution in [0.2, 0.25) is 5.02 Å². The molecule has 0 saturated heterocycles. The molecule has 3 rings (SSSR count). The summed E-state index contributed by atoms with van der Waals surface area (Å²) in [6.07, 6.45) is 0.954. The lowest BCUT2D eigenvalue weighted by atomic mass is 10.0. The standard InChI is InChI=1S/C24H28ClN5O2S/c1-5-16-6-12-19(13-7-16)26-20(31)14-33-24-29-28-22(30(24)4)21(15(2)3)27-23(32)17-8-10-18(25)11-9-17/h6-13,15,21H,5,14H2,1-4H3,(H,26,31)(H,27,32)/t21-/m0/s1. The molecule has 9 heteroatoms. The molecule has 0 unspecified atom stereocenters. The highest BCUT2D eigenvalue weighted by Gasteiger charge is 2.25. The monoisotopic (exact) mass is 485 g/mol. The Morgan fingerprint density at radius 2 is 1.73 bits per heavy atom. The van der Waals surface area contributed by atoms with E-state index in [-0.39, 0.29) is 29.5 Å². The molecule has 0 aliphatic heterocycles. The Morgan fingerprint density at radius 3 is 2.33 bits per heavy atom. The summed E-state index contributed by atoms with van der Waals surface area (Å²) in [6, 6.07) is 14.2. The molecule has 7 nitrogen and oxygen atoms in total. The van der Waals surface area contributed by atoms with E-state index in [1.165, 1.54) is 17.3 Å². The van der Waals surface area contributed by atoms with Crippen molar-refractivity contribution in [2.75, 3.05) is 11.1 Å². The predicted octanol–water partition coefficient (Wildman–Crippen LogP) is 4.89. The fraction of sp³-hybridized carbons (Fsp3) is 0.333. The van der Waals surface area contributed by atoms with Crippen LogP contribution in [0.4, 0.5) is 5.69 Å². The van der Waals surface area contributed by atoms with Gasteiger partial charge in [-0.25, -0.2) is 0 Å². The Morgan fingerprint density at radius 1 is 1.06 bits per heavy atom. The van der Waals surface area contributed by atoms with Gasteiger partial charge in [0.15, 0.2) is 11.0 Å². The number of aryl methyl sites for hydroxylation is 1. The Bertz CT molecular complexity index is 1100. The molecule has 1 heterocycles. The number of nitrogens with zero attached hydrogens (tertiary/aromatic N) is 3. The Balaban J connectivity index is 1.63. The van der Waals surface area contributed by atoms with Gasteiger partial charge in [0, 0.05) is 23.3 Å². The van der Waals surface area contributed by atoms with Crippen molar-refractivity contribution < 1.29 is 9.59 Å². The van der Waals surface area contributed by atoms with E-state index in [1.54, 1.807) is 24.3 Å². The van der Waals surface area contributed by atoms with E-state index in [2.05, 4.69) is 27.8 Å². The summed E-state index contributed by atoms with van der Waals surface area (Å²) in [4.78, 5) is 25.1. The second kappa shape index (κ2) is 11.3. The zero-order valence-electron chi connectivity index (χ0n) is 19.1. The number of benzene rings is 2. The van der Waals surface area contributed by atoms with E-state index in [1.807, 2.05) is 49.7 Å². The molecule has 0 aliphatic rings. The second-order valence-electron chi connectivity index (χ2n) is 7.99. The van der Waals surface area contributed by atoms with Gasteiger partial charge in [-0.3, -0.25) is 9.59 Å². The van der Waals surface area contributed by atoms with Gasteiger partial charge in [-0.2, -0.15) is 0 Å². The maximum Gasteiger partial charge on any atom is 0.251 e. The van der Waals surface area contributed by atoms with Gasteiger partial charge in [0.05, 0.1) is 11.8 Å². The van der Waals surface area contributed by atoms with Crippen molar-refractivity contribution in [1.82, 2.24) is 20.1 Å². The first kappa shape index (κ1) is 24.8. The largest absolute Gasteiger partial charge is 0.342 e. The topological polar surface area (TPSA) is 88.9 Å². The van der Waals surface area contributed by atoms with Crippen LogP contribution >= 0.6 is 23.4 Å². The number of nitrogens with one attached hydrogen (secondary N) is 2. The molecule has 174 valence electrons. The number of carbonyl (C=O) groups is 2. The van der Waals surface area contributed by atoms with Crippen LogP contribution in [-0.2, 0) is 18.3 Å². The van der Waals surface area contributed by atoms with Gasteiger partial charge in [-0.05, 0) is 54.3 Å². The van der Waals surface area contributed by atoms with Crippen LogP contribution in [0, 0.1) is 5.92 Å². The Kier molecular flexibility index (Phi) is 8.52. The average Bonchev–Trinajstić information content (AvgIpc) is 3.16. The summed E-state index contributed by atoms with van der Waals surface area (Å²) in [5, 5.41) is 15.7. The maximum absolute atomic E-state index is 12.7. The second-order valence-corrected chi connectivity index (χ2v) is 9.37. The van der Waals surface area contributed by atoms with E-state index in [9.17, 15) is 9.59 Å². The third kappa shape index (κ3) is 6.58. The molecule has 0 radical (unpaired) electrons. The third-order valence-electron chi connectivity index (χ3n) is 5.18. The molecular formula is C24H28ClN5O2S. The van der Waals surface area contributed by atoms with Crippen LogP contribution < -0.4 is 10.6 Å². The van der Waals surface area contributed by atoms with Crippen LogP contribution in [0.15, 0.2) is 53.7 Å². The van der Waals surface area contributed by atoms with Crippen LogP contribution in [0.5, 0.6) is 0 Å². The van der Waals surface area contributed by atoms with Crippen molar-refractivity contribution in [2.45, 2.75) is 38.4 Å². The smallest absolute Gasteiger partial charge is 0.251 e. The van der Waals surface area contributed by atoms with Gasteiger partial charge in [0.1, 0.15) is 0 Å². The molecule has 0 fully saturated rings. The van der Waals surface area contributed by atoms with Crippen LogP contribution in [-0.4, -0.2) is 32.3 Å². The van der Waals surface area contributed by atoms with E-state index in [4.69, 9.17) is 11.6 Å². The van der Waals surface area contributed by atoms with Gasteiger partial charge >= 0.3 is 0 Å². The number of halogens is 1. The minimum Gasteiger partial charge on any atom is -0.342 e. The third-order valence-corrected chi connectivity index (χ3v) is 6.46. The van der Waals surface area contributed by atoms with Crippen molar-refractivity contribution in [3.8, 4) is 0 Å². The molecule has 0 bridgehead atoms. The summed E-state index contributed by atoms with van der Waals surface area (Å²) in [6.45, 7) is 6.10. The lowest BCUT2D eigenvalue weighted by molar-refractivity contribution is -0.113. The summed E-state index contributed by atoms with van der Waals surface area (Å²) in [5.41, 5.74) is 2.50. The average molecular weight is 486 g/mol. The molecule has 0 saturated carbocycles. The normalized spacial score (nSPS) is 11.9. The molecule has 0 spiro atoms. The number of hydrogen-bond acceptors (Lipinski definition) is 5. The Hall–Kier alpha value is -2.84. The Labute approximate surface area is 203 Å². The van der Waals surface area contributed by atoms with E-state index >= 15 is 0 Å². The van der Waals surface area contributed by atoms with Crippen molar-refractivity contribution in [2.24, 2.45) is 13.0 Å². The van der Waals surface area contributed by atoms with E-state index in [0.717, 1.165) is 12.1 Å². The fourth-order valence-corrected chi connectivity index (χ4v) is 4.07. The molecular weight excluding hydrogens is 458 g/mol. The zero-order valence-corrected chi connectivity index (χ0v) is 20.7. The molecule has 2 aromatic carbocycles. The van der Waals surface area contributed by atoms with Crippen LogP contribution in [0.25, 0.3) is 0 Å². The highest BCUT2D eigenvalue weighted by atomic mass is 35.5. The minimum atomic E-state index is -0.342. The molecule has 3 aromatic rings. The van der Waals surface area contributed by atoms with Crippen LogP contribution in [0.3, 0.4) is 0 Å². The first-order valence-corrected chi connectivity index (χ1v) is 12.1. The number of anilines is 1. The SMILES string of the molecule is CCc1ccc(NC(=O)CSc2nnc([C@@H](NC(=O)c3ccc(Cl)cc3)C(C)C)n2C)cc1. The highest BCUT2D eigenvalue weighted by Crippen LogP contribution is 2.25. The summed E-state index contributed by atoms with van der Waals surface area (Å²) in [7, 11) is 1.84. The van der Waals surface area contributed by atoms with Crippen molar-refractivity contribution in [3.05, 3.63) is 70.5 Å². The van der Waals surface area contributed by atoms with Crippen molar-refractivity contribution in [1.29, 1.82) is 0 Å². The summed E-state index contributed by atoms with van der Waals surface area (Å²) < 4.78 is 1.82. The highest BCUT2D eigenvalue weighted by molar-refractivity contribution is 7.99. The zero-order chi connectivity index (χ0) is 24.0. The number of carbonyl (C=O) groups excluding carboxylic acids is 2. The molecule has 2 N–H and O–H groups in total. The quantitative estimate of drug-likeness (QED) is 0.421. The number of amides is 2. The first-order valence-electron chi connectivity index (χ1n) is 10.8. The van der Waals surface area contributed by atoms with Crippen LogP contribution in [0.1, 0.15) is 48.6 Å². The van der Waals surface area contributed by atoms with E-state index < -0.39 is 0 Å². The van der Waals surface area contributed by atoms with Gasteiger partial charge in [0.25, 0.3) is 5.91 Å². The van der Waals surface area contributed by atoms with Gasteiger partial charge in [0.2, 0.25) is 5.91 Å². The number of hydrogen-bond donors (Lipinski definition) is 2. The molecule has 0 aliphatic carbocycles. The lowest BCUT2D eigenvalue weighted by Crippen LogP contribution is -2.33. The lowest BCUT2D eigenvalue weighted by Gasteiger charge is -2.21. The molecule has 2 amide bonds. The molecule has 1 atom stereocenters. The molecule has 1 aromatic heterocycles. The summed E-state index contributed by atoms with van der Waals surface area (Å²) >= 11 is 7.22. The number of rotatable bonds is 9. The van der Waals surface area contributed by atoms with Crippen molar-refractivity contribution in [3.63, 3.8) is 0 Å². The first-order chi connectivity index (χ1) is 15.8. The molecule has 33 heavy (non-hydrogen) atoms. The predicted molar refractivity (Wildman–Crippen MR) is 133 cm³/mol. The number of thioether (sulfide) groups is 1. The summed E-state index contributed by atoms with van der Waals surface area (Å²) in [5.74, 6) is 0.577. The number of aromatic nitrogens is 3. The fourth-order valence-electron chi connectivity index (χ4n) is 3.23. The van der Waals surface area contributed by atoms with Gasteiger partial charge in [-0.15, -0.1) is 10.2 Å². The van der Waals surface area contributed by atoms with Gasteiger partial charge < -0.3 is 15.2 Å². The van der Waals surface area contributed by atoms with E-state index in [0.29, 0.717) is 21.6 Å². The van der Waals surface area contributed by atoms with Crippen molar-refractivity contribution >= 4 is 40.9 Å². The minimum absolute atomic E-state index is 0.0800. The maximum atomic E-state index is 12.7. The van der Waals surface area contributed by atoms with Gasteiger partial charge in [-0.1, -0.05) is 56.3 Å².